The molecule has 1 saturated carbocycles. The quantitative estimate of drug-likeness (QED) is 0.397. The van der Waals surface area contributed by atoms with Crippen molar-refractivity contribution in [1.29, 1.82) is 0 Å². The number of para-hydroxylation sites is 2. The summed E-state index contributed by atoms with van der Waals surface area (Å²) < 4.78 is 67.5. The number of aromatic nitrogens is 2. The van der Waals surface area contributed by atoms with Crippen molar-refractivity contribution in [3.05, 3.63) is 65.4 Å². The molecule has 1 aliphatic carbocycles. The molecule has 3 aromatic rings. The number of halogens is 3. The number of nitrogens with one attached hydrogen (secondary N) is 3. The van der Waals surface area contributed by atoms with E-state index in [-0.39, 0.29) is 30.9 Å². The maximum absolute atomic E-state index is 13.8. The van der Waals surface area contributed by atoms with Crippen LogP contribution in [0.2, 0.25) is 0 Å². The number of hydrogen-bond donors (Lipinski definition) is 3. The van der Waals surface area contributed by atoms with Gasteiger partial charge in [0.05, 0.1) is 29.7 Å². The minimum absolute atomic E-state index is 0.103. The lowest BCUT2D eigenvalue weighted by Crippen LogP contribution is -2.33. The largest absolute Gasteiger partial charge is 0.421 e. The molecule has 0 saturated heterocycles. The molecular formula is C24H23F3N6O3S. The monoisotopic (exact) mass is 532 g/mol. The molecule has 0 radical (unpaired) electrons. The van der Waals surface area contributed by atoms with Gasteiger partial charge >= 0.3 is 6.18 Å². The maximum atomic E-state index is 13.8. The van der Waals surface area contributed by atoms with Crippen LogP contribution in [-0.2, 0) is 34.0 Å². The van der Waals surface area contributed by atoms with Crippen LogP contribution in [0.4, 0.5) is 42.0 Å². The number of anilines is 5. The van der Waals surface area contributed by atoms with Crippen molar-refractivity contribution in [2.45, 2.75) is 38.0 Å². The van der Waals surface area contributed by atoms with Gasteiger partial charge in [-0.1, -0.05) is 30.3 Å². The highest BCUT2D eigenvalue weighted by atomic mass is 32.2. The van der Waals surface area contributed by atoms with Crippen molar-refractivity contribution in [3.8, 4) is 0 Å². The number of sulfonamides is 1. The van der Waals surface area contributed by atoms with E-state index in [0.29, 0.717) is 28.8 Å². The van der Waals surface area contributed by atoms with Crippen molar-refractivity contribution in [2.24, 2.45) is 0 Å². The van der Waals surface area contributed by atoms with Crippen molar-refractivity contribution < 1.29 is 26.4 Å². The van der Waals surface area contributed by atoms with Gasteiger partial charge in [0.25, 0.3) is 0 Å². The van der Waals surface area contributed by atoms with Gasteiger partial charge in [0, 0.05) is 18.8 Å². The first-order valence-corrected chi connectivity index (χ1v) is 13.3. The molecule has 1 aromatic heterocycles. The second kappa shape index (κ2) is 9.21. The number of fused-ring (bicyclic) bond motifs is 1. The van der Waals surface area contributed by atoms with E-state index in [1.54, 1.807) is 42.5 Å². The zero-order valence-electron chi connectivity index (χ0n) is 19.6. The summed E-state index contributed by atoms with van der Waals surface area (Å²) in [6, 6.07) is 11.7. The van der Waals surface area contributed by atoms with Gasteiger partial charge < -0.3 is 16.0 Å². The number of benzene rings is 2. The smallest absolute Gasteiger partial charge is 0.365 e. The van der Waals surface area contributed by atoms with Gasteiger partial charge in [-0.05, 0) is 36.1 Å². The molecule has 0 spiro atoms. The first-order chi connectivity index (χ1) is 17.5. The number of carbonyl (C=O) groups excluding carboxylic acids is 1. The molecule has 13 heteroatoms. The van der Waals surface area contributed by atoms with Crippen molar-refractivity contribution in [2.75, 3.05) is 26.5 Å². The molecular weight excluding hydrogens is 509 g/mol. The van der Waals surface area contributed by atoms with Crippen LogP contribution in [0.25, 0.3) is 0 Å². The third kappa shape index (κ3) is 5.31. The van der Waals surface area contributed by atoms with E-state index < -0.39 is 27.6 Å². The normalized spacial score (nSPS) is 15.2. The Morgan fingerprint density at radius 2 is 1.89 bits per heavy atom. The van der Waals surface area contributed by atoms with Crippen LogP contribution in [0, 0.1) is 0 Å². The number of carbonyl (C=O) groups is 1. The van der Waals surface area contributed by atoms with Gasteiger partial charge in [0.15, 0.2) is 0 Å². The van der Waals surface area contributed by atoms with Gasteiger partial charge in [-0.15, -0.1) is 0 Å². The van der Waals surface area contributed by atoms with Crippen molar-refractivity contribution >= 4 is 44.8 Å². The van der Waals surface area contributed by atoms with Crippen LogP contribution in [0.5, 0.6) is 0 Å². The van der Waals surface area contributed by atoms with E-state index in [4.69, 9.17) is 0 Å². The summed E-state index contributed by atoms with van der Waals surface area (Å²) in [6.07, 6.45) is -1.29. The van der Waals surface area contributed by atoms with Gasteiger partial charge in [-0.2, -0.15) is 18.2 Å². The topological polar surface area (TPSA) is 116 Å². The molecule has 2 aromatic carbocycles. The average molecular weight is 533 g/mol. The van der Waals surface area contributed by atoms with E-state index >= 15 is 0 Å². The second-order valence-corrected chi connectivity index (χ2v) is 10.8. The van der Waals surface area contributed by atoms with E-state index in [1.165, 1.54) is 4.31 Å². The summed E-state index contributed by atoms with van der Waals surface area (Å²) in [5.41, 5.74) is 1.58. The lowest BCUT2D eigenvalue weighted by atomic mass is 10.1. The summed E-state index contributed by atoms with van der Waals surface area (Å²) in [5.74, 6) is -0.754. The number of alkyl halides is 3. The molecule has 1 aliphatic heterocycles. The second-order valence-electron chi connectivity index (χ2n) is 8.92. The molecule has 2 heterocycles. The lowest BCUT2D eigenvalue weighted by molar-refractivity contribution is -0.137. The van der Waals surface area contributed by atoms with E-state index in [0.717, 1.165) is 24.7 Å². The predicted molar refractivity (Wildman–Crippen MR) is 133 cm³/mol. The summed E-state index contributed by atoms with van der Waals surface area (Å²) in [5, 5.41) is 8.33. The Labute approximate surface area is 211 Å². The predicted octanol–water partition coefficient (Wildman–Crippen LogP) is 4.27. The van der Waals surface area contributed by atoms with E-state index in [9.17, 15) is 26.4 Å². The van der Waals surface area contributed by atoms with Gasteiger partial charge in [-0.25, -0.2) is 13.4 Å². The maximum Gasteiger partial charge on any atom is 0.421 e. The van der Waals surface area contributed by atoms with Gasteiger partial charge in [0.2, 0.25) is 21.9 Å². The highest BCUT2D eigenvalue weighted by molar-refractivity contribution is 7.92. The fourth-order valence-electron chi connectivity index (χ4n) is 4.27. The molecule has 194 valence electrons. The number of nitrogens with zero attached hydrogens (tertiary/aromatic N) is 3. The van der Waals surface area contributed by atoms with Crippen LogP contribution in [0.1, 0.15) is 29.5 Å². The Balaban J connectivity index is 1.44. The van der Waals surface area contributed by atoms with Crippen LogP contribution in [0.15, 0.2) is 48.7 Å². The van der Waals surface area contributed by atoms with Crippen LogP contribution >= 0.6 is 0 Å². The molecule has 2 aliphatic rings. The molecule has 5 rings (SSSR count). The molecule has 1 fully saturated rings. The zero-order valence-corrected chi connectivity index (χ0v) is 20.4. The Morgan fingerprint density at radius 3 is 2.59 bits per heavy atom. The molecule has 0 unspecified atom stereocenters. The lowest BCUT2D eigenvalue weighted by Gasteiger charge is -2.25. The third-order valence-corrected chi connectivity index (χ3v) is 7.23. The molecule has 0 bridgehead atoms. The fraction of sp³-hybridized carbons (Fsp3) is 0.292. The standard InChI is InChI=1S/C24H23F3N6O3S/c1-37(35,36)33(16-9-10-16)19-8-3-2-5-15(19)12-28-22-17(24(25,26)27)13-29-23(32-22)30-18-7-4-6-14-11-20(34)31-21(14)18/h2-8,13,16H,9-12H2,1H3,(H,31,34)(H2,28,29,30,32). The summed E-state index contributed by atoms with van der Waals surface area (Å²) >= 11 is 0. The average Bonchev–Trinajstić information content (AvgIpc) is 3.56. The molecule has 37 heavy (non-hydrogen) atoms. The summed E-state index contributed by atoms with van der Waals surface area (Å²) in [4.78, 5) is 19.7. The van der Waals surface area contributed by atoms with Crippen LogP contribution < -0.4 is 20.3 Å². The van der Waals surface area contributed by atoms with Crippen LogP contribution in [-0.4, -0.2) is 36.6 Å². The Kier molecular flexibility index (Phi) is 6.18. The van der Waals surface area contributed by atoms with Gasteiger partial charge in [0.1, 0.15) is 11.4 Å². The first kappa shape index (κ1) is 24.8. The molecule has 9 nitrogen and oxygen atoms in total. The van der Waals surface area contributed by atoms with E-state index in [2.05, 4.69) is 25.9 Å². The Bertz CT molecular complexity index is 1470. The minimum Gasteiger partial charge on any atom is -0.365 e. The molecule has 0 atom stereocenters. The zero-order chi connectivity index (χ0) is 26.4. The summed E-state index contributed by atoms with van der Waals surface area (Å²) in [6.45, 7) is -0.106. The fourth-order valence-corrected chi connectivity index (χ4v) is 5.56. The molecule has 3 N–H and O–H groups in total. The number of hydrogen-bond acceptors (Lipinski definition) is 7. The van der Waals surface area contributed by atoms with Crippen molar-refractivity contribution in [1.82, 2.24) is 9.97 Å². The highest BCUT2D eigenvalue weighted by Gasteiger charge is 2.37. The van der Waals surface area contributed by atoms with Crippen LogP contribution in [0.3, 0.4) is 0 Å². The SMILES string of the molecule is CS(=O)(=O)N(c1ccccc1CNc1nc(Nc2cccc3c2NC(=O)C3)ncc1C(F)(F)F)C1CC1. The highest BCUT2D eigenvalue weighted by Crippen LogP contribution is 2.38. The number of rotatable bonds is 8. The Morgan fingerprint density at radius 1 is 1.14 bits per heavy atom. The van der Waals surface area contributed by atoms with Gasteiger partial charge in [-0.3, -0.25) is 9.10 Å². The minimum atomic E-state index is -4.73. The Hall–Kier alpha value is -3.87. The van der Waals surface area contributed by atoms with E-state index in [1.807, 2.05) is 0 Å². The van der Waals surface area contributed by atoms with Crippen molar-refractivity contribution in [3.63, 3.8) is 0 Å². The first-order valence-electron chi connectivity index (χ1n) is 11.4. The molecule has 1 amide bonds. The number of amides is 1. The summed E-state index contributed by atoms with van der Waals surface area (Å²) in [7, 11) is -3.58. The third-order valence-electron chi connectivity index (χ3n) is 6.02.